The summed E-state index contributed by atoms with van der Waals surface area (Å²) >= 11 is 8.03. The second kappa shape index (κ2) is 6.49. The fraction of sp³-hybridized carbons (Fsp3) is 0.133. The Labute approximate surface area is 135 Å². The fourth-order valence-corrected chi connectivity index (χ4v) is 2.34. The smallest absolute Gasteiger partial charge is 0.182 e. The first kappa shape index (κ1) is 15.9. The van der Waals surface area contributed by atoms with Gasteiger partial charge in [0.15, 0.2) is 11.6 Å². The van der Waals surface area contributed by atoms with Gasteiger partial charge in [0.1, 0.15) is 4.99 Å². The second-order valence-electron chi connectivity index (χ2n) is 4.57. The van der Waals surface area contributed by atoms with Gasteiger partial charge >= 0.3 is 0 Å². The van der Waals surface area contributed by atoms with Crippen LogP contribution in [-0.2, 0) is 0 Å². The lowest BCUT2D eigenvalue weighted by Gasteiger charge is -2.17. The third-order valence-electron chi connectivity index (χ3n) is 3.09. The third-order valence-corrected chi connectivity index (χ3v) is 3.84. The van der Waals surface area contributed by atoms with Gasteiger partial charge in [-0.15, -0.1) is 0 Å². The van der Waals surface area contributed by atoms with Crippen molar-refractivity contribution in [2.45, 2.75) is 13.0 Å². The molecule has 0 spiro atoms. The van der Waals surface area contributed by atoms with E-state index >= 15 is 0 Å². The van der Waals surface area contributed by atoms with Crippen LogP contribution >= 0.6 is 28.1 Å². The van der Waals surface area contributed by atoms with Gasteiger partial charge in [0.2, 0.25) is 0 Å². The topological polar surface area (TPSA) is 38.0 Å². The molecule has 0 aliphatic carbocycles. The van der Waals surface area contributed by atoms with Crippen molar-refractivity contribution in [2.24, 2.45) is 5.73 Å². The molecule has 0 aromatic heterocycles. The Hall–Kier alpha value is -1.53. The number of nitrogens with two attached hydrogens (primary N) is 1. The van der Waals surface area contributed by atoms with E-state index in [0.29, 0.717) is 0 Å². The summed E-state index contributed by atoms with van der Waals surface area (Å²) in [4.78, 5) is -0.168. The first-order chi connectivity index (χ1) is 9.90. The molecule has 2 aromatic carbocycles. The molecular formula is C15H13BrF2N2S. The standard InChI is InChI=1S/C15H13BrF2N2S/c1-8(9-2-4-10(16)5-3-9)20-12-7-6-11(15(19)21)13(17)14(12)18/h2-8,20H,1H3,(H2,19,21). The Morgan fingerprint density at radius 1 is 1.14 bits per heavy atom. The summed E-state index contributed by atoms with van der Waals surface area (Å²) in [5.74, 6) is -2.01. The Bertz CT molecular complexity index is 674. The van der Waals surface area contributed by atoms with Crippen LogP contribution in [0.3, 0.4) is 0 Å². The van der Waals surface area contributed by atoms with Gasteiger partial charge in [0.25, 0.3) is 0 Å². The van der Waals surface area contributed by atoms with Gasteiger partial charge in [-0.3, -0.25) is 0 Å². The molecule has 0 saturated carbocycles. The minimum absolute atomic E-state index is 0.0721. The molecule has 0 saturated heterocycles. The molecule has 0 radical (unpaired) electrons. The Morgan fingerprint density at radius 2 is 1.76 bits per heavy atom. The zero-order valence-corrected chi connectivity index (χ0v) is 13.6. The fourth-order valence-electron chi connectivity index (χ4n) is 1.92. The molecule has 0 fully saturated rings. The molecule has 110 valence electrons. The summed E-state index contributed by atoms with van der Waals surface area (Å²) in [5, 5.41) is 2.94. The lowest BCUT2D eigenvalue weighted by atomic mass is 10.1. The zero-order valence-electron chi connectivity index (χ0n) is 11.2. The lowest BCUT2D eigenvalue weighted by molar-refractivity contribution is 0.508. The summed E-state index contributed by atoms with van der Waals surface area (Å²) in [7, 11) is 0. The van der Waals surface area contributed by atoms with Crippen LogP contribution in [0.5, 0.6) is 0 Å². The Balaban J connectivity index is 2.25. The number of benzene rings is 2. The Morgan fingerprint density at radius 3 is 2.33 bits per heavy atom. The molecule has 0 bridgehead atoms. The average molecular weight is 371 g/mol. The van der Waals surface area contributed by atoms with Gasteiger partial charge in [-0.1, -0.05) is 40.3 Å². The van der Waals surface area contributed by atoms with Crippen molar-refractivity contribution < 1.29 is 8.78 Å². The van der Waals surface area contributed by atoms with Gasteiger partial charge in [-0.05, 0) is 36.8 Å². The number of thiocarbonyl (C=S) groups is 1. The third kappa shape index (κ3) is 3.57. The summed E-state index contributed by atoms with van der Waals surface area (Å²) in [6.07, 6.45) is 0. The van der Waals surface area contributed by atoms with Crippen molar-refractivity contribution in [3.8, 4) is 0 Å². The predicted molar refractivity (Wildman–Crippen MR) is 88.4 cm³/mol. The van der Waals surface area contributed by atoms with Gasteiger partial charge in [-0.2, -0.15) is 0 Å². The van der Waals surface area contributed by atoms with E-state index in [4.69, 9.17) is 5.73 Å². The van der Waals surface area contributed by atoms with Crippen LogP contribution in [0.25, 0.3) is 0 Å². The number of hydrogen-bond acceptors (Lipinski definition) is 2. The van der Waals surface area contributed by atoms with E-state index in [0.717, 1.165) is 10.0 Å². The summed E-state index contributed by atoms with van der Waals surface area (Å²) < 4.78 is 28.8. The number of nitrogens with one attached hydrogen (secondary N) is 1. The highest BCUT2D eigenvalue weighted by molar-refractivity contribution is 9.10. The lowest BCUT2D eigenvalue weighted by Crippen LogP contribution is -2.15. The maximum Gasteiger partial charge on any atom is 0.182 e. The number of halogens is 3. The van der Waals surface area contributed by atoms with Crippen LogP contribution < -0.4 is 11.1 Å². The molecule has 6 heteroatoms. The number of rotatable bonds is 4. The number of anilines is 1. The van der Waals surface area contributed by atoms with Crippen molar-refractivity contribution in [1.82, 2.24) is 0 Å². The van der Waals surface area contributed by atoms with E-state index in [1.165, 1.54) is 12.1 Å². The molecule has 21 heavy (non-hydrogen) atoms. The highest BCUT2D eigenvalue weighted by Gasteiger charge is 2.16. The molecule has 1 unspecified atom stereocenters. The molecule has 0 aliphatic rings. The molecule has 0 heterocycles. The Kier molecular flexibility index (Phi) is 4.90. The first-order valence-electron chi connectivity index (χ1n) is 6.20. The largest absolute Gasteiger partial charge is 0.389 e. The van der Waals surface area contributed by atoms with Crippen LogP contribution in [0.4, 0.5) is 14.5 Å². The van der Waals surface area contributed by atoms with Crippen molar-refractivity contribution in [2.75, 3.05) is 5.32 Å². The van der Waals surface area contributed by atoms with E-state index in [9.17, 15) is 8.78 Å². The van der Waals surface area contributed by atoms with Crippen molar-refractivity contribution in [3.63, 3.8) is 0 Å². The monoisotopic (exact) mass is 370 g/mol. The van der Waals surface area contributed by atoms with Crippen LogP contribution in [0.1, 0.15) is 24.1 Å². The average Bonchev–Trinajstić information content (AvgIpc) is 2.44. The van der Waals surface area contributed by atoms with E-state index in [-0.39, 0.29) is 22.3 Å². The van der Waals surface area contributed by atoms with E-state index in [2.05, 4.69) is 33.5 Å². The quantitative estimate of drug-likeness (QED) is 0.776. The minimum atomic E-state index is -1.03. The van der Waals surface area contributed by atoms with Crippen LogP contribution in [-0.4, -0.2) is 4.99 Å². The van der Waals surface area contributed by atoms with Gasteiger partial charge in [0, 0.05) is 16.1 Å². The van der Waals surface area contributed by atoms with E-state index < -0.39 is 11.6 Å². The van der Waals surface area contributed by atoms with Gasteiger partial charge in [-0.25, -0.2) is 8.78 Å². The molecule has 1 atom stereocenters. The van der Waals surface area contributed by atoms with E-state index in [1.807, 2.05) is 31.2 Å². The predicted octanol–water partition coefficient (Wildman–Crippen LogP) is 4.53. The number of hydrogen-bond donors (Lipinski definition) is 2. The van der Waals surface area contributed by atoms with Crippen LogP contribution in [0.2, 0.25) is 0 Å². The van der Waals surface area contributed by atoms with Crippen molar-refractivity contribution in [1.29, 1.82) is 0 Å². The highest BCUT2D eigenvalue weighted by Crippen LogP contribution is 2.25. The van der Waals surface area contributed by atoms with E-state index in [1.54, 1.807) is 0 Å². The minimum Gasteiger partial charge on any atom is -0.389 e. The SMILES string of the molecule is CC(Nc1ccc(C(N)=S)c(F)c1F)c1ccc(Br)cc1. The zero-order chi connectivity index (χ0) is 15.6. The maximum absolute atomic E-state index is 14.0. The molecule has 2 aromatic rings. The molecule has 2 nitrogen and oxygen atoms in total. The molecule has 2 rings (SSSR count). The second-order valence-corrected chi connectivity index (χ2v) is 5.93. The van der Waals surface area contributed by atoms with Crippen LogP contribution in [0, 0.1) is 11.6 Å². The molecular weight excluding hydrogens is 358 g/mol. The van der Waals surface area contributed by atoms with Crippen molar-refractivity contribution in [3.05, 3.63) is 63.6 Å². The highest BCUT2D eigenvalue weighted by atomic mass is 79.9. The first-order valence-corrected chi connectivity index (χ1v) is 7.40. The molecule has 0 aliphatic heterocycles. The van der Waals surface area contributed by atoms with Gasteiger partial charge in [0.05, 0.1) is 5.69 Å². The molecule has 0 amide bonds. The summed E-state index contributed by atoms with van der Waals surface area (Å²) in [6, 6.07) is 10.2. The van der Waals surface area contributed by atoms with Crippen molar-refractivity contribution >= 4 is 38.8 Å². The van der Waals surface area contributed by atoms with Crippen LogP contribution in [0.15, 0.2) is 40.9 Å². The molecule has 3 N–H and O–H groups in total. The summed E-state index contributed by atoms with van der Waals surface area (Å²) in [5.41, 5.74) is 6.27. The normalized spacial score (nSPS) is 12.0. The summed E-state index contributed by atoms with van der Waals surface area (Å²) in [6.45, 7) is 1.86. The maximum atomic E-state index is 14.0. The van der Waals surface area contributed by atoms with Gasteiger partial charge < -0.3 is 11.1 Å².